The first-order chi connectivity index (χ1) is 20.9. The number of alkyl carbamates (subject to hydrolysis) is 1. The number of rotatable bonds is 6. The normalized spacial score (nSPS) is 22.8. The van der Waals surface area contributed by atoms with E-state index in [2.05, 4.69) is 60.5 Å². The van der Waals surface area contributed by atoms with Crippen molar-refractivity contribution in [2.24, 2.45) is 5.92 Å². The SMILES string of the molecule is COC(=O)N[C@@H](C(=O)N1C[C@@H](C)C[C@H]1c1ncc(-c2ccc(-c3ccc(C)c4c3C3CCC4C3)cc2)[nH]1)c1ccccc1. The molecule has 2 N–H and O–H groups in total. The summed E-state index contributed by atoms with van der Waals surface area (Å²) in [5, 5.41) is 2.74. The van der Waals surface area contributed by atoms with Crippen molar-refractivity contribution in [3.05, 3.63) is 101 Å². The van der Waals surface area contributed by atoms with Crippen molar-refractivity contribution < 1.29 is 14.3 Å². The van der Waals surface area contributed by atoms with Crippen LogP contribution in [0.25, 0.3) is 22.4 Å². The summed E-state index contributed by atoms with van der Waals surface area (Å²) in [6.45, 7) is 4.99. The van der Waals surface area contributed by atoms with Crippen molar-refractivity contribution in [2.75, 3.05) is 13.7 Å². The van der Waals surface area contributed by atoms with Crippen molar-refractivity contribution in [1.82, 2.24) is 20.2 Å². The molecule has 7 heteroatoms. The van der Waals surface area contributed by atoms with E-state index in [9.17, 15) is 9.59 Å². The average Bonchev–Trinajstić information content (AvgIpc) is 3.85. The summed E-state index contributed by atoms with van der Waals surface area (Å²) in [4.78, 5) is 36.2. The number of likely N-dealkylation sites (tertiary alicyclic amines) is 1. The molecule has 220 valence electrons. The van der Waals surface area contributed by atoms with Gasteiger partial charge in [-0.05, 0) is 89.3 Å². The molecule has 43 heavy (non-hydrogen) atoms. The Balaban J connectivity index is 1.14. The lowest BCUT2D eigenvalue weighted by Gasteiger charge is -2.28. The summed E-state index contributed by atoms with van der Waals surface area (Å²) < 4.78 is 4.84. The number of ether oxygens (including phenoxy) is 1. The zero-order valence-electron chi connectivity index (χ0n) is 25.0. The zero-order valence-corrected chi connectivity index (χ0v) is 25.0. The fraction of sp³-hybridized carbons (Fsp3) is 0.361. The van der Waals surface area contributed by atoms with Crippen LogP contribution in [0.3, 0.4) is 0 Å². The van der Waals surface area contributed by atoms with Crippen LogP contribution < -0.4 is 5.32 Å². The fourth-order valence-corrected chi connectivity index (χ4v) is 7.79. The Morgan fingerprint density at radius 3 is 2.42 bits per heavy atom. The number of hydrogen-bond acceptors (Lipinski definition) is 4. The largest absolute Gasteiger partial charge is 0.453 e. The summed E-state index contributed by atoms with van der Waals surface area (Å²) >= 11 is 0. The molecule has 1 saturated carbocycles. The molecule has 2 bridgehead atoms. The third-order valence-electron chi connectivity index (χ3n) is 9.79. The summed E-state index contributed by atoms with van der Waals surface area (Å²) in [6, 6.07) is 21.6. The van der Waals surface area contributed by atoms with E-state index in [0.29, 0.717) is 23.9 Å². The Labute approximate surface area is 252 Å². The van der Waals surface area contributed by atoms with E-state index >= 15 is 0 Å². The number of H-pyrrole nitrogens is 1. The number of carbonyl (C=O) groups is 2. The predicted molar refractivity (Wildman–Crippen MR) is 166 cm³/mol. The minimum atomic E-state index is -0.845. The van der Waals surface area contributed by atoms with Gasteiger partial charge in [-0.1, -0.05) is 73.7 Å². The van der Waals surface area contributed by atoms with E-state index in [1.165, 1.54) is 43.1 Å². The number of hydrogen-bond donors (Lipinski definition) is 2. The number of nitrogens with zero attached hydrogens (tertiary/aromatic N) is 2. The second-order valence-corrected chi connectivity index (χ2v) is 12.6. The topological polar surface area (TPSA) is 87.3 Å². The van der Waals surface area contributed by atoms with Crippen molar-refractivity contribution in [2.45, 2.75) is 63.5 Å². The van der Waals surface area contributed by atoms with Gasteiger partial charge in [0.1, 0.15) is 11.9 Å². The molecule has 1 aliphatic heterocycles. The number of imidazole rings is 1. The van der Waals surface area contributed by atoms with Crippen LogP contribution >= 0.6 is 0 Å². The minimum absolute atomic E-state index is 0.174. The number of nitrogens with one attached hydrogen (secondary N) is 2. The molecule has 3 aromatic carbocycles. The standard InChI is InChI=1S/C36H38N4O3/c1-21-17-30(40(20-21)35(41)33(39-36(42)43-3)25-7-5-4-6-8-25)34-37-19-29(38-34)24-12-10-23(11-13-24)28-16-9-22(2)31-26-14-15-27(18-26)32(28)31/h4-13,16,19,21,26-27,30,33H,14-15,17-18,20H2,1-3H3,(H,37,38)(H,39,42)/t21-,26?,27?,30-,33+/m0/s1. The molecule has 2 unspecified atom stereocenters. The highest BCUT2D eigenvalue weighted by Crippen LogP contribution is 2.56. The second kappa shape index (κ2) is 11.0. The van der Waals surface area contributed by atoms with Gasteiger partial charge in [0.15, 0.2) is 0 Å². The molecule has 0 radical (unpaired) electrons. The first kappa shape index (κ1) is 27.4. The molecular formula is C36H38N4O3. The Kier molecular flexibility index (Phi) is 7.04. The average molecular weight is 575 g/mol. The third kappa shape index (κ3) is 4.90. The maximum absolute atomic E-state index is 13.9. The van der Waals surface area contributed by atoms with E-state index in [4.69, 9.17) is 9.72 Å². The van der Waals surface area contributed by atoms with Crippen LogP contribution in [0.5, 0.6) is 0 Å². The van der Waals surface area contributed by atoms with Gasteiger partial charge in [-0.2, -0.15) is 0 Å². The second-order valence-electron chi connectivity index (χ2n) is 12.6. The van der Waals surface area contributed by atoms with Crippen LogP contribution in [-0.2, 0) is 9.53 Å². The smallest absolute Gasteiger partial charge is 0.407 e. The lowest BCUT2D eigenvalue weighted by molar-refractivity contribution is -0.134. The van der Waals surface area contributed by atoms with E-state index < -0.39 is 12.1 Å². The van der Waals surface area contributed by atoms with Crippen molar-refractivity contribution in [3.8, 4) is 22.4 Å². The van der Waals surface area contributed by atoms with Gasteiger partial charge in [-0.15, -0.1) is 0 Å². The molecule has 4 aromatic rings. The highest BCUT2D eigenvalue weighted by Gasteiger charge is 2.41. The van der Waals surface area contributed by atoms with Gasteiger partial charge in [0.05, 0.1) is 25.0 Å². The lowest BCUT2D eigenvalue weighted by Crippen LogP contribution is -2.43. The Bertz CT molecular complexity index is 1660. The van der Waals surface area contributed by atoms with E-state index in [-0.39, 0.29) is 11.9 Å². The molecule has 0 spiro atoms. The number of benzene rings is 3. The van der Waals surface area contributed by atoms with Crippen LogP contribution in [0.4, 0.5) is 4.79 Å². The van der Waals surface area contributed by atoms with Gasteiger partial charge in [0.2, 0.25) is 0 Å². The lowest BCUT2D eigenvalue weighted by atomic mass is 9.83. The molecule has 2 aliphatic carbocycles. The van der Waals surface area contributed by atoms with Gasteiger partial charge >= 0.3 is 6.09 Å². The minimum Gasteiger partial charge on any atom is -0.453 e. The van der Waals surface area contributed by atoms with Crippen LogP contribution in [0, 0.1) is 12.8 Å². The number of carbonyl (C=O) groups excluding carboxylic acids is 2. The molecule has 1 saturated heterocycles. The maximum Gasteiger partial charge on any atom is 0.407 e. The molecule has 1 aromatic heterocycles. The highest BCUT2D eigenvalue weighted by atomic mass is 16.5. The van der Waals surface area contributed by atoms with Crippen LogP contribution in [0.1, 0.15) is 84.6 Å². The highest BCUT2D eigenvalue weighted by molar-refractivity contribution is 5.87. The molecule has 7 rings (SSSR count). The number of fused-ring (bicyclic) bond motifs is 5. The summed E-state index contributed by atoms with van der Waals surface area (Å²) in [7, 11) is 1.30. The van der Waals surface area contributed by atoms with Crippen LogP contribution in [0.15, 0.2) is 72.9 Å². The zero-order chi connectivity index (χ0) is 29.7. The van der Waals surface area contributed by atoms with Crippen molar-refractivity contribution in [1.29, 1.82) is 0 Å². The Hall–Kier alpha value is -4.39. The van der Waals surface area contributed by atoms with E-state index in [1.807, 2.05) is 41.4 Å². The monoisotopic (exact) mass is 574 g/mol. The van der Waals surface area contributed by atoms with Gasteiger partial charge < -0.3 is 19.9 Å². The molecule has 2 heterocycles. The summed E-state index contributed by atoms with van der Waals surface area (Å²) in [6.07, 6.45) is 5.97. The van der Waals surface area contributed by atoms with Gasteiger partial charge in [0.25, 0.3) is 5.91 Å². The molecule has 7 nitrogen and oxygen atoms in total. The number of aryl methyl sites for hydroxylation is 1. The fourth-order valence-electron chi connectivity index (χ4n) is 7.79. The van der Waals surface area contributed by atoms with E-state index in [0.717, 1.165) is 29.4 Å². The van der Waals surface area contributed by atoms with Crippen LogP contribution in [-0.4, -0.2) is 40.5 Å². The van der Waals surface area contributed by atoms with Crippen molar-refractivity contribution in [3.63, 3.8) is 0 Å². The predicted octanol–water partition coefficient (Wildman–Crippen LogP) is 7.42. The molecular weight excluding hydrogens is 536 g/mol. The molecule has 2 fully saturated rings. The first-order valence-corrected chi connectivity index (χ1v) is 15.4. The van der Waals surface area contributed by atoms with E-state index in [1.54, 1.807) is 11.1 Å². The number of amides is 2. The van der Waals surface area contributed by atoms with Gasteiger partial charge in [-0.25, -0.2) is 9.78 Å². The summed E-state index contributed by atoms with van der Waals surface area (Å²) in [5.74, 6) is 2.32. The van der Waals surface area contributed by atoms with Crippen LogP contribution in [0.2, 0.25) is 0 Å². The third-order valence-corrected chi connectivity index (χ3v) is 9.79. The quantitative estimate of drug-likeness (QED) is 0.251. The Morgan fingerprint density at radius 2 is 1.67 bits per heavy atom. The number of aromatic nitrogens is 2. The molecule has 2 amide bonds. The van der Waals surface area contributed by atoms with Gasteiger partial charge in [-0.3, -0.25) is 4.79 Å². The number of methoxy groups -OCH3 is 1. The molecule has 3 aliphatic rings. The summed E-state index contributed by atoms with van der Waals surface area (Å²) in [5.41, 5.74) is 9.98. The maximum atomic E-state index is 13.9. The van der Waals surface area contributed by atoms with Crippen molar-refractivity contribution >= 4 is 12.0 Å². The molecule has 5 atom stereocenters. The van der Waals surface area contributed by atoms with Gasteiger partial charge in [0, 0.05) is 6.54 Å². The first-order valence-electron chi connectivity index (χ1n) is 15.4. The Morgan fingerprint density at radius 1 is 0.953 bits per heavy atom. The number of aromatic amines is 1.